The van der Waals surface area contributed by atoms with E-state index in [1.165, 1.54) is 12.8 Å². The van der Waals surface area contributed by atoms with Crippen LogP contribution in [0.5, 0.6) is 0 Å². The quantitative estimate of drug-likeness (QED) is 0.840. The summed E-state index contributed by atoms with van der Waals surface area (Å²) in [7, 11) is 0. The zero-order valence-corrected chi connectivity index (χ0v) is 10.8. The summed E-state index contributed by atoms with van der Waals surface area (Å²) in [5.74, 6) is -1.47. The molecule has 0 amide bonds. The van der Waals surface area contributed by atoms with Crippen molar-refractivity contribution in [2.75, 3.05) is 36.8 Å². The molecule has 0 bridgehead atoms. The van der Waals surface area contributed by atoms with Crippen LogP contribution in [0, 0.1) is 11.6 Å². The molecule has 0 radical (unpaired) electrons. The molecule has 1 aromatic heterocycles. The van der Waals surface area contributed by atoms with Crippen molar-refractivity contribution in [3.05, 3.63) is 17.7 Å². The van der Waals surface area contributed by atoms with Crippen LogP contribution < -0.4 is 10.6 Å². The van der Waals surface area contributed by atoms with Crippen LogP contribution in [0.2, 0.25) is 0 Å². The minimum absolute atomic E-state index is 0.184. The van der Waals surface area contributed by atoms with Crippen molar-refractivity contribution in [3.63, 3.8) is 0 Å². The smallest absolute Gasteiger partial charge is 0.168 e. The van der Waals surface area contributed by atoms with Crippen molar-refractivity contribution in [2.45, 2.75) is 25.3 Å². The minimum Gasteiger partial charge on any atom is -0.381 e. The summed E-state index contributed by atoms with van der Waals surface area (Å²) >= 11 is 0. The molecule has 2 N–H and O–H groups in total. The Kier molecular flexibility index (Phi) is 3.26. The van der Waals surface area contributed by atoms with Gasteiger partial charge < -0.3 is 10.6 Å². The molecule has 6 heteroatoms. The highest BCUT2D eigenvalue weighted by Gasteiger charge is 2.30. The predicted octanol–water partition coefficient (Wildman–Crippen LogP) is 1.62. The van der Waals surface area contributed by atoms with E-state index in [9.17, 15) is 8.78 Å². The third-order valence-electron chi connectivity index (χ3n) is 4.07. The minimum atomic E-state index is -0.794. The van der Waals surface area contributed by atoms with Gasteiger partial charge in [0.25, 0.3) is 0 Å². The Morgan fingerprint density at radius 3 is 2.84 bits per heavy atom. The molecule has 3 heterocycles. The molecule has 2 saturated heterocycles. The highest BCUT2D eigenvalue weighted by atomic mass is 19.1. The number of fused-ring (bicyclic) bond motifs is 1. The Bertz CT molecular complexity index is 480. The lowest BCUT2D eigenvalue weighted by atomic mass is 9.99. The van der Waals surface area contributed by atoms with Crippen molar-refractivity contribution in [3.8, 4) is 0 Å². The number of nitrogens with two attached hydrogens (primary N) is 1. The number of aromatic nitrogens is 1. The van der Waals surface area contributed by atoms with Crippen LogP contribution in [0.25, 0.3) is 0 Å². The lowest BCUT2D eigenvalue weighted by Gasteiger charge is -2.44. The molecule has 0 spiro atoms. The molecule has 1 unspecified atom stereocenters. The summed E-state index contributed by atoms with van der Waals surface area (Å²) in [6.07, 6.45) is 3.60. The number of hydrogen-bond donors (Lipinski definition) is 1. The van der Waals surface area contributed by atoms with Gasteiger partial charge in [0.15, 0.2) is 23.3 Å². The molecule has 1 aromatic rings. The number of nitrogen functional groups attached to an aromatic ring is 1. The molecule has 1 atom stereocenters. The van der Waals surface area contributed by atoms with Gasteiger partial charge in [-0.05, 0) is 19.4 Å². The van der Waals surface area contributed by atoms with Gasteiger partial charge in [-0.3, -0.25) is 4.90 Å². The van der Waals surface area contributed by atoms with Gasteiger partial charge in [-0.25, -0.2) is 13.8 Å². The number of rotatable bonds is 1. The normalized spacial score (nSPS) is 24.3. The van der Waals surface area contributed by atoms with Crippen LogP contribution in [-0.2, 0) is 0 Å². The van der Waals surface area contributed by atoms with Crippen LogP contribution in [0.1, 0.15) is 19.3 Å². The Labute approximate surface area is 111 Å². The number of pyridine rings is 1. The maximum atomic E-state index is 13.8. The highest BCUT2D eigenvalue weighted by Crippen LogP contribution is 2.26. The molecular weight excluding hydrogens is 250 g/mol. The maximum absolute atomic E-state index is 13.8. The van der Waals surface area contributed by atoms with E-state index in [0.29, 0.717) is 12.6 Å². The third-order valence-corrected chi connectivity index (χ3v) is 4.07. The maximum Gasteiger partial charge on any atom is 0.168 e. The van der Waals surface area contributed by atoms with Gasteiger partial charge in [0, 0.05) is 31.7 Å². The van der Waals surface area contributed by atoms with Crippen molar-refractivity contribution in [1.29, 1.82) is 0 Å². The number of anilines is 2. The van der Waals surface area contributed by atoms with E-state index in [1.54, 1.807) is 0 Å². The molecule has 0 saturated carbocycles. The number of hydrogen-bond acceptors (Lipinski definition) is 4. The average molecular weight is 268 g/mol. The standard InChI is InChI=1S/C13H18F2N4/c14-10-7-11(15)13(17-12(10)16)19-6-5-18-4-2-1-3-9(18)8-19/h7,9H,1-6,8H2,(H2,16,17). The summed E-state index contributed by atoms with van der Waals surface area (Å²) in [5.41, 5.74) is 5.44. The Balaban J connectivity index is 1.81. The third kappa shape index (κ3) is 2.36. The van der Waals surface area contributed by atoms with Gasteiger partial charge in [-0.15, -0.1) is 0 Å². The lowest BCUT2D eigenvalue weighted by molar-refractivity contribution is 0.133. The SMILES string of the molecule is Nc1nc(N2CCN3CCCCC3C2)c(F)cc1F. The summed E-state index contributed by atoms with van der Waals surface area (Å²) in [4.78, 5) is 8.20. The van der Waals surface area contributed by atoms with Gasteiger partial charge in [-0.2, -0.15) is 0 Å². The first kappa shape index (κ1) is 12.6. The van der Waals surface area contributed by atoms with E-state index in [-0.39, 0.29) is 11.6 Å². The van der Waals surface area contributed by atoms with Crippen LogP contribution in [0.15, 0.2) is 6.07 Å². The van der Waals surface area contributed by atoms with Crippen molar-refractivity contribution in [1.82, 2.24) is 9.88 Å². The van der Waals surface area contributed by atoms with Crippen LogP contribution >= 0.6 is 0 Å². The largest absolute Gasteiger partial charge is 0.381 e. The van der Waals surface area contributed by atoms with E-state index in [1.807, 2.05) is 4.90 Å². The fourth-order valence-corrected chi connectivity index (χ4v) is 3.04. The summed E-state index contributed by atoms with van der Waals surface area (Å²) in [6.45, 7) is 3.49. The van der Waals surface area contributed by atoms with E-state index in [2.05, 4.69) is 9.88 Å². The molecule has 2 aliphatic heterocycles. The lowest BCUT2D eigenvalue weighted by Crippen LogP contribution is -2.55. The second-order valence-corrected chi connectivity index (χ2v) is 5.29. The molecule has 2 aliphatic rings. The summed E-state index contributed by atoms with van der Waals surface area (Å²) in [5, 5.41) is 0. The Hall–Kier alpha value is -1.43. The molecule has 104 valence electrons. The second-order valence-electron chi connectivity index (χ2n) is 5.29. The topological polar surface area (TPSA) is 45.4 Å². The molecule has 2 fully saturated rings. The molecule has 4 nitrogen and oxygen atoms in total. The van der Waals surface area contributed by atoms with Gasteiger partial charge in [-0.1, -0.05) is 6.42 Å². The average Bonchev–Trinajstić information content (AvgIpc) is 2.42. The Morgan fingerprint density at radius 1 is 1.16 bits per heavy atom. The van der Waals surface area contributed by atoms with E-state index in [4.69, 9.17) is 5.73 Å². The fourth-order valence-electron chi connectivity index (χ4n) is 3.04. The number of nitrogens with zero attached hydrogens (tertiary/aromatic N) is 3. The van der Waals surface area contributed by atoms with Crippen LogP contribution in [-0.4, -0.2) is 42.1 Å². The number of piperazine rings is 1. The first-order valence-corrected chi connectivity index (χ1v) is 6.75. The highest BCUT2D eigenvalue weighted by molar-refractivity contribution is 5.47. The van der Waals surface area contributed by atoms with Crippen molar-refractivity contribution >= 4 is 11.6 Å². The summed E-state index contributed by atoms with van der Waals surface area (Å²) in [6, 6.07) is 1.28. The monoisotopic (exact) mass is 268 g/mol. The molecule has 0 aromatic carbocycles. The Morgan fingerprint density at radius 2 is 2.00 bits per heavy atom. The first-order valence-electron chi connectivity index (χ1n) is 6.75. The van der Waals surface area contributed by atoms with Crippen molar-refractivity contribution < 1.29 is 8.78 Å². The second kappa shape index (κ2) is 4.92. The van der Waals surface area contributed by atoms with E-state index in [0.717, 1.165) is 32.1 Å². The van der Waals surface area contributed by atoms with E-state index < -0.39 is 11.6 Å². The van der Waals surface area contributed by atoms with Gasteiger partial charge in [0.05, 0.1) is 0 Å². The number of piperidine rings is 1. The fraction of sp³-hybridized carbons (Fsp3) is 0.615. The summed E-state index contributed by atoms with van der Waals surface area (Å²) < 4.78 is 27.0. The van der Waals surface area contributed by atoms with Crippen LogP contribution in [0.4, 0.5) is 20.4 Å². The van der Waals surface area contributed by atoms with E-state index >= 15 is 0 Å². The van der Waals surface area contributed by atoms with Gasteiger partial charge in [0.1, 0.15) is 0 Å². The molecular formula is C13H18F2N4. The molecule has 0 aliphatic carbocycles. The predicted molar refractivity (Wildman–Crippen MR) is 70.0 cm³/mol. The van der Waals surface area contributed by atoms with Crippen LogP contribution in [0.3, 0.4) is 0 Å². The number of halogens is 2. The molecule has 19 heavy (non-hydrogen) atoms. The molecule has 3 rings (SSSR count). The van der Waals surface area contributed by atoms with Gasteiger partial charge >= 0.3 is 0 Å². The van der Waals surface area contributed by atoms with Gasteiger partial charge in [0.2, 0.25) is 0 Å². The van der Waals surface area contributed by atoms with Crippen molar-refractivity contribution in [2.24, 2.45) is 0 Å². The zero-order valence-electron chi connectivity index (χ0n) is 10.8. The first-order chi connectivity index (χ1) is 9.15. The zero-order chi connectivity index (χ0) is 13.4.